The molecular formula is C17H28N2O5. The van der Waals surface area contributed by atoms with E-state index >= 15 is 0 Å². The second-order valence-corrected chi connectivity index (χ2v) is 6.29. The monoisotopic (exact) mass is 340 g/mol. The molecule has 1 unspecified atom stereocenters. The quantitative estimate of drug-likeness (QED) is 0.446. The van der Waals surface area contributed by atoms with Crippen LogP contribution in [0.3, 0.4) is 0 Å². The van der Waals surface area contributed by atoms with Crippen LogP contribution in [0, 0.1) is 11.8 Å². The highest BCUT2D eigenvalue weighted by Crippen LogP contribution is 2.26. The van der Waals surface area contributed by atoms with E-state index in [-0.39, 0.29) is 54.7 Å². The predicted molar refractivity (Wildman–Crippen MR) is 88.0 cm³/mol. The maximum absolute atomic E-state index is 12.1. The molecule has 0 aromatic heterocycles. The van der Waals surface area contributed by atoms with Gasteiger partial charge in [-0.15, -0.1) is 0 Å². The minimum atomic E-state index is -0.264. The number of carbonyl (C=O) groups excluding carboxylic acids is 4. The zero-order valence-electron chi connectivity index (χ0n) is 14.8. The predicted octanol–water partition coefficient (Wildman–Crippen LogP) is 0.910. The largest absolute Gasteiger partial charge is 0.379 e. The Morgan fingerprint density at radius 1 is 1.25 bits per heavy atom. The minimum absolute atomic E-state index is 0.0939. The first kappa shape index (κ1) is 20.3. The van der Waals surface area contributed by atoms with Gasteiger partial charge in [-0.2, -0.15) is 0 Å². The van der Waals surface area contributed by atoms with Crippen LogP contribution in [-0.4, -0.2) is 54.7 Å². The summed E-state index contributed by atoms with van der Waals surface area (Å²) in [6.07, 6.45) is 1.23. The highest BCUT2D eigenvalue weighted by atomic mass is 16.5. The molecule has 0 radical (unpaired) electrons. The van der Waals surface area contributed by atoms with Gasteiger partial charge >= 0.3 is 0 Å². The number of hydrogen-bond donors (Lipinski definition) is 1. The lowest BCUT2D eigenvalue weighted by Gasteiger charge is -2.16. The lowest BCUT2D eigenvalue weighted by atomic mass is 9.94. The molecule has 0 saturated carbocycles. The van der Waals surface area contributed by atoms with Crippen LogP contribution in [0.5, 0.6) is 0 Å². The normalized spacial score (nSPS) is 17.7. The van der Waals surface area contributed by atoms with Crippen molar-refractivity contribution in [3.63, 3.8) is 0 Å². The van der Waals surface area contributed by atoms with Gasteiger partial charge in [-0.1, -0.05) is 20.8 Å². The van der Waals surface area contributed by atoms with E-state index in [1.165, 1.54) is 4.90 Å². The number of ketones is 1. The Balaban J connectivity index is 2.17. The van der Waals surface area contributed by atoms with Crippen LogP contribution >= 0.6 is 0 Å². The number of nitrogens with zero attached hydrogens (tertiary/aromatic N) is 1. The molecule has 1 rings (SSSR count). The van der Waals surface area contributed by atoms with Crippen molar-refractivity contribution in [1.29, 1.82) is 0 Å². The summed E-state index contributed by atoms with van der Waals surface area (Å²) < 4.78 is 5.25. The number of rotatable bonds is 11. The summed E-state index contributed by atoms with van der Waals surface area (Å²) in [5, 5.41) is 2.67. The molecule has 136 valence electrons. The lowest BCUT2D eigenvalue weighted by Crippen LogP contribution is -2.36. The number of ether oxygens (including phenoxy) is 1. The fourth-order valence-electron chi connectivity index (χ4n) is 2.49. The van der Waals surface area contributed by atoms with Gasteiger partial charge < -0.3 is 10.1 Å². The van der Waals surface area contributed by atoms with E-state index in [0.717, 1.165) is 0 Å². The summed E-state index contributed by atoms with van der Waals surface area (Å²) in [7, 11) is 0. The summed E-state index contributed by atoms with van der Waals surface area (Å²) in [6.45, 7) is 6.80. The van der Waals surface area contributed by atoms with Gasteiger partial charge in [0.2, 0.25) is 17.7 Å². The SMILES string of the molecule is CCC(=O)CCOCCNC(=O)CCN1C(=O)CC(C(C)C)C1=O. The van der Waals surface area contributed by atoms with Gasteiger partial charge in [-0.05, 0) is 5.92 Å². The first-order valence-corrected chi connectivity index (χ1v) is 8.57. The molecular weight excluding hydrogens is 312 g/mol. The van der Waals surface area contributed by atoms with E-state index < -0.39 is 0 Å². The molecule has 1 saturated heterocycles. The van der Waals surface area contributed by atoms with Gasteiger partial charge in [0.05, 0.1) is 13.2 Å². The molecule has 3 amide bonds. The molecule has 7 nitrogen and oxygen atoms in total. The Kier molecular flexibility index (Phi) is 8.60. The molecule has 0 aromatic rings. The van der Waals surface area contributed by atoms with Crippen molar-refractivity contribution in [2.75, 3.05) is 26.3 Å². The summed E-state index contributed by atoms with van der Waals surface area (Å²) in [4.78, 5) is 48.0. The topological polar surface area (TPSA) is 92.8 Å². The molecule has 0 aliphatic carbocycles. The number of imide groups is 1. The minimum Gasteiger partial charge on any atom is -0.379 e. The first-order chi connectivity index (χ1) is 11.4. The zero-order valence-corrected chi connectivity index (χ0v) is 14.8. The Morgan fingerprint density at radius 2 is 1.96 bits per heavy atom. The lowest BCUT2D eigenvalue weighted by molar-refractivity contribution is -0.140. The van der Waals surface area contributed by atoms with Crippen LogP contribution in [-0.2, 0) is 23.9 Å². The summed E-state index contributed by atoms with van der Waals surface area (Å²) in [5.74, 6) is -0.588. The third-order valence-corrected chi connectivity index (χ3v) is 4.13. The molecule has 1 aliphatic rings. The van der Waals surface area contributed by atoms with Crippen LogP contribution in [0.25, 0.3) is 0 Å². The summed E-state index contributed by atoms with van der Waals surface area (Å²) in [5.41, 5.74) is 0. The smallest absolute Gasteiger partial charge is 0.233 e. The van der Waals surface area contributed by atoms with E-state index in [4.69, 9.17) is 4.74 Å². The number of carbonyl (C=O) groups is 4. The van der Waals surface area contributed by atoms with Crippen molar-refractivity contribution in [3.8, 4) is 0 Å². The number of nitrogens with one attached hydrogen (secondary N) is 1. The maximum Gasteiger partial charge on any atom is 0.233 e. The average molecular weight is 340 g/mol. The van der Waals surface area contributed by atoms with Crippen LogP contribution < -0.4 is 5.32 Å². The van der Waals surface area contributed by atoms with Crippen LogP contribution in [0.4, 0.5) is 0 Å². The number of hydrogen-bond acceptors (Lipinski definition) is 5. The summed E-state index contributed by atoms with van der Waals surface area (Å²) >= 11 is 0. The van der Waals surface area contributed by atoms with Gasteiger partial charge in [0.25, 0.3) is 0 Å². The molecule has 0 aromatic carbocycles. The molecule has 1 N–H and O–H groups in total. The highest BCUT2D eigenvalue weighted by Gasteiger charge is 2.39. The van der Waals surface area contributed by atoms with Gasteiger partial charge in [-0.25, -0.2) is 0 Å². The third-order valence-electron chi connectivity index (χ3n) is 4.13. The van der Waals surface area contributed by atoms with Gasteiger partial charge in [0.1, 0.15) is 5.78 Å². The fourth-order valence-corrected chi connectivity index (χ4v) is 2.49. The maximum atomic E-state index is 12.1. The third kappa shape index (κ3) is 6.39. The summed E-state index contributed by atoms with van der Waals surface area (Å²) in [6, 6.07) is 0. The van der Waals surface area contributed by atoms with Crippen molar-refractivity contribution in [3.05, 3.63) is 0 Å². The number of likely N-dealkylation sites (tertiary alicyclic amines) is 1. The molecule has 1 fully saturated rings. The highest BCUT2D eigenvalue weighted by molar-refractivity contribution is 6.03. The van der Waals surface area contributed by atoms with Crippen molar-refractivity contribution in [2.24, 2.45) is 11.8 Å². The Hall–Kier alpha value is -1.76. The van der Waals surface area contributed by atoms with E-state index in [2.05, 4.69) is 5.32 Å². The number of Topliss-reactive ketones (excluding diaryl/α,β-unsaturated/α-hetero) is 1. The van der Waals surface area contributed by atoms with Crippen LogP contribution in [0.1, 0.15) is 46.5 Å². The van der Waals surface area contributed by atoms with Crippen LogP contribution in [0.15, 0.2) is 0 Å². The van der Waals surface area contributed by atoms with Crippen molar-refractivity contribution in [2.45, 2.75) is 46.5 Å². The molecule has 0 bridgehead atoms. The molecule has 0 spiro atoms. The second kappa shape index (κ2) is 10.2. The molecule has 1 atom stereocenters. The van der Waals surface area contributed by atoms with Crippen molar-refractivity contribution < 1.29 is 23.9 Å². The molecule has 24 heavy (non-hydrogen) atoms. The van der Waals surface area contributed by atoms with E-state index in [0.29, 0.717) is 32.6 Å². The molecule has 1 aliphatic heterocycles. The fraction of sp³-hybridized carbons (Fsp3) is 0.765. The number of amides is 3. The van der Waals surface area contributed by atoms with E-state index in [9.17, 15) is 19.2 Å². The van der Waals surface area contributed by atoms with Crippen molar-refractivity contribution >= 4 is 23.5 Å². The van der Waals surface area contributed by atoms with Gasteiger partial charge in [0.15, 0.2) is 0 Å². The van der Waals surface area contributed by atoms with E-state index in [1.807, 2.05) is 20.8 Å². The Morgan fingerprint density at radius 3 is 2.54 bits per heavy atom. The standard InChI is InChI=1S/C17H28N2O5/c1-4-13(20)6-9-24-10-7-18-15(21)5-8-19-16(22)11-14(12(2)3)17(19)23/h12,14H,4-11H2,1-3H3,(H,18,21). The van der Waals surface area contributed by atoms with Crippen LogP contribution in [0.2, 0.25) is 0 Å². The Labute approximate surface area is 143 Å². The van der Waals surface area contributed by atoms with E-state index in [1.54, 1.807) is 0 Å². The molecule has 7 heteroatoms. The van der Waals surface area contributed by atoms with Gasteiger partial charge in [0, 0.05) is 44.7 Å². The zero-order chi connectivity index (χ0) is 18.1. The second-order valence-electron chi connectivity index (χ2n) is 6.29. The Bertz CT molecular complexity index is 476. The first-order valence-electron chi connectivity index (χ1n) is 8.57. The molecule has 1 heterocycles. The van der Waals surface area contributed by atoms with Crippen molar-refractivity contribution in [1.82, 2.24) is 10.2 Å². The average Bonchev–Trinajstić information content (AvgIpc) is 2.83. The van der Waals surface area contributed by atoms with Gasteiger partial charge in [-0.3, -0.25) is 24.1 Å².